The second kappa shape index (κ2) is 4.96. The molecule has 2 rings (SSSR count). The molecule has 5 heteroatoms. The van der Waals surface area contributed by atoms with E-state index in [-0.39, 0.29) is 6.10 Å². The molecule has 1 aliphatic heterocycles. The molecule has 1 saturated heterocycles. The Morgan fingerprint density at radius 2 is 2.35 bits per heavy atom. The molecule has 4 nitrogen and oxygen atoms in total. The molecule has 0 bridgehead atoms. The number of aryl methyl sites for hydroxylation is 2. The zero-order valence-electron chi connectivity index (χ0n) is 10.5. The fraction of sp³-hybridized carbons (Fsp3) is 0.750. The van der Waals surface area contributed by atoms with Crippen LogP contribution in [0.15, 0.2) is 0 Å². The molecule has 0 saturated carbocycles. The molecule has 3 atom stereocenters. The standard InChI is InChI=1S/C12H19ClN2O2/c1-7-4-5-17-11(7)10(16)6-9-8(2)14-15(3)12(9)13/h7,10-11,16H,4-6H2,1-3H3. The van der Waals surface area contributed by atoms with E-state index in [9.17, 15) is 5.11 Å². The van der Waals surface area contributed by atoms with Crippen molar-refractivity contribution in [1.82, 2.24) is 9.78 Å². The Hall–Kier alpha value is -0.580. The number of rotatable bonds is 3. The fourth-order valence-corrected chi connectivity index (χ4v) is 2.69. The molecule has 1 aromatic heterocycles. The summed E-state index contributed by atoms with van der Waals surface area (Å²) >= 11 is 6.15. The van der Waals surface area contributed by atoms with Gasteiger partial charge in [-0.1, -0.05) is 18.5 Å². The van der Waals surface area contributed by atoms with Crippen molar-refractivity contribution in [1.29, 1.82) is 0 Å². The van der Waals surface area contributed by atoms with Crippen LogP contribution in [0.3, 0.4) is 0 Å². The highest BCUT2D eigenvalue weighted by Gasteiger charge is 2.32. The minimum Gasteiger partial charge on any atom is -0.390 e. The lowest BCUT2D eigenvalue weighted by molar-refractivity contribution is -0.0158. The average molecular weight is 259 g/mol. The molecule has 0 radical (unpaired) electrons. The average Bonchev–Trinajstić information content (AvgIpc) is 2.78. The van der Waals surface area contributed by atoms with Gasteiger partial charge in [-0.05, 0) is 19.3 Å². The van der Waals surface area contributed by atoms with E-state index in [4.69, 9.17) is 16.3 Å². The van der Waals surface area contributed by atoms with Crippen molar-refractivity contribution in [2.24, 2.45) is 13.0 Å². The van der Waals surface area contributed by atoms with Crippen LogP contribution in [0.1, 0.15) is 24.6 Å². The molecule has 1 aliphatic rings. The number of ether oxygens (including phenoxy) is 1. The van der Waals surface area contributed by atoms with Crippen LogP contribution in [-0.4, -0.2) is 33.7 Å². The van der Waals surface area contributed by atoms with Gasteiger partial charge in [0.1, 0.15) is 5.15 Å². The van der Waals surface area contributed by atoms with Crippen LogP contribution < -0.4 is 0 Å². The predicted molar refractivity (Wildman–Crippen MR) is 66.2 cm³/mol. The first-order chi connectivity index (χ1) is 8.00. The lowest BCUT2D eigenvalue weighted by Gasteiger charge is -2.21. The Balaban J connectivity index is 2.10. The zero-order chi connectivity index (χ0) is 12.6. The van der Waals surface area contributed by atoms with Gasteiger partial charge in [-0.3, -0.25) is 4.68 Å². The van der Waals surface area contributed by atoms with E-state index in [2.05, 4.69) is 12.0 Å². The maximum atomic E-state index is 10.2. The molecule has 17 heavy (non-hydrogen) atoms. The Bertz CT molecular complexity index is 405. The number of aliphatic hydroxyl groups is 1. The molecule has 0 aromatic carbocycles. The number of hydrogen-bond donors (Lipinski definition) is 1. The molecule has 96 valence electrons. The molecule has 1 N–H and O–H groups in total. The maximum Gasteiger partial charge on any atom is 0.130 e. The quantitative estimate of drug-likeness (QED) is 0.898. The van der Waals surface area contributed by atoms with E-state index in [0.29, 0.717) is 17.5 Å². The summed E-state index contributed by atoms with van der Waals surface area (Å²) in [7, 11) is 1.81. The van der Waals surface area contributed by atoms with Crippen LogP contribution in [0.5, 0.6) is 0 Å². The van der Waals surface area contributed by atoms with Crippen LogP contribution in [-0.2, 0) is 18.2 Å². The zero-order valence-corrected chi connectivity index (χ0v) is 11.2. The summed E-state index contributed by atoms with van der Waals surface area (Å²) < 4.78 is 7.20. The number of hydrogen-bond acceptors (Lipinski definition) is 3. The van der Waals surface area contributed by atoms with Crippen LogP contribution in [0.25, 0.3) is 0 Å². The number of aliphatic hydroxyl groups excluding tert-OH is 1. The minimum atomic E-state index is -0.507. The third-order valence-electron chi connectivity index (χ3n) is 3.51. The largest absolute Gasteiger partial charge is 0.390 e. The SMILES string of the molecule is Cc1nn(C)c(Cl)c1CC(O)C1OCCC1C. The van der Waals surface area contributed by atoms with Crippen molar-refractivity contribution in [3.05, 3.63) is 16.4 Å². The second-order valence-electron chi connectivity index (χ2n) is 4.85. The lowest BCUT2D eigenvalue weighted by Crippen LogP contribution is -2.32. The minimum absolute atomic E-state index is 0.0781. The van der Waals surface area contributed by atoms with Gasteiger partial charge < -0.3 is 9.84 Å². The highest BCUT2D eigenvalue weighted by atomic mass is 35.5. The first kappa shape index (κ1) is 12.9. The number of aromatic nitrogens is 2. The van der Waals surface area contributed by atoms with Crippen LogP contribution in [0.4, 0.5) is 0 Å². The Morgan fingerprint density at radius 3 is 2.82 bits per heavy atom. The molecule has 2 heterocycles. The van der Waals surface area contributed by atoms with Crippen molar-refractivity contribution in [3.8, 4) is 0 Å². The van der Waals surface area contributed by atoms with E-state index in [0.717, 1.165) is 24.3 Å². The van der Waals surface area contributed by atoms with E-state index < -0.39 is 6.10 Å². The predicted octanol–water partition coefficient (Wildman–Crippen LogP) is 1.71. The van der Waals surface area contributed by atoms with Gasteiger partial charge in [0, 0.05) is 25.6 Å². The van der Waals surface area contributed by atoms with Gasteiger partial charge in [0.05, 0.1) is 17.9 Å². The summed E-state index contributed by atoms with van der Waals surface area (Å²) in [6.45, 7) is 4.76. The maximum absolute atomic E-state index is 10.2. The normalized spacial score (nSPS) is 26.4. The van der Waals surface area contributed by atoms with Crippen molar-refractivity contribution < 1.29 is 9.84 Å². The first-order valence-corrected chi connectivity index (χ1v) is 6.36. The smallest absolute Gasteiger partial charge is 0.130 e. The number of halogens is 1. The van der Waals surface area contributed by atoms with Gasteiger partial charge in [0.2, 0.25) is 0 Å². The topological polar surface area (TPSA) is 47.3 Å². The Labute approximate surface area is 107 Å². The van der Waals surface area contributed by atoms with Crippen LogP contribution in [0, 0.1) is 12.8 Å². The summed E-state index contributed by atoms with van der Waals surface area (Å²) in [6.07, 6.45) is 0.938. The third kappa shape index (κ3) is 2.49. The fourth-order valence-electron chi connectivity index (χ4n) is 2.44. The summed E-state index contributed by atoms with van der Waals surface area (Å²) in [5.41, 5.74) is 1.80. The molecule has 1 fully saturated rings. The van der Waals surface area contributed by atoms with Crippen LogP contribution >= 0.6 is 11.6 Å². The lowest BCUT2D eigenvalue weighted by atomic mass is 9.95. The van der Waals surface area contributed by atoms with Gasteiger partial charge >= 0.3 is 0 Å². The monoisotopic (exact) mass is 258 g/mol. The van der Waals surface area contributed by atoms with E-state index in [1.165, 1.54) is 0 Å². The highest BCUT2D eigenvalue weighted by Crippen LogP contribution is 2.27. The van der Waals surface area contributed by atoms with E-state index >= 15 is 0 Å². The van der Waals surface area contributed by atoms with Crippen molar-refractivity contribution >= 4 is 11.6 Å². The summed E-state index contributed by atoms with van der Waals surface area (Å²) in [4.78, 5) is 0. The van der Waals surface area contributed by atoms with Crippen LogP contribution in [0.2, 0.25) is 5.15 Å². The second-order valence-corrected chi connectivity index (χ2v) is 5.21. The van der Waals surface area contributed by atoms with Crippen molar-refractivity contribution in [3.63, 3.8) is 0 Å². The summed E-state index contributed by atoms with van der Waals surface area (Å²) in [5, 5.41) is 15.1. The Morgan fingerprint density at radius 1 is 1.65 bits per heavy atom. The molecular formula is C12H19ClN2O2. The first-order valence-electron chi connectivity index (χ1n) is 5.98. The van der Waals surface area contributed by atoms with Crippen molar-refractivity contribution in [2.45, 2.75) is 38.9 Å². The molecular weight excluding hydrogens is 240 g/mol. The van der Waals surface area contributed by atoms with Gasteiger partial charge in [0.15, 0.2) is 0 Å². The van der Waals surface area contributed by atoms with Gasteiger partial charge in [-0.2, -0.15) is 5.10 Å². The molecule has 0 amide bonds. The highest BCUT2D eigenvalue weighted by molar-refractivity contribution is 6.30. The Kier molecular flexibility index (Phi) is 3.76. The molecule has 3 unspecified atom stereocenters. The molecule has 0 spiro atoms. The van der Waals surface area contributed by atoms with Gasteiger partial charge in [0.25, 0.3) is 0 Å². The third-order valence-corrected chi connectivity index (χ3v) is 3.98. The van der Waals surface area contributed by atoms with Crippen molar-refractivity contribution in [2.75, 3.05) is 6.61 Å². The van der Waals surface area contributed by atoms with Gasteiger partial charge in [-0.15, -0.1) is 0 Å². The number of nitrogens with zero attached hydrogens (tertiary/aromatic N) is 2. The summed E-state index contributed by atoms with van der Waals surface area (Å²) in [5.74, 6) is 0.403. The van der Waals surface area contributed by atoms with Gasteiger partial charge in [-0.25, -0.2) is 0 Å². The molecule has 0 aliphatic carbocycles. The van der Waals surface area contributed by atoms with E-state index in [1.54, 1.807) is 11.7 Å². The summed E-state index contributed by atoms with van der Waals surface area (Å²) in [6, 6.07) is 0. The molecule has 1 aromatic rings. The van der Waals surface area contributed by atoms with E-state index in [1.807, 2.05) is 6.92 Å².